The number of aromatic amines is 2. The van der Waals surface area contributed by atoms with Gasteiger partial charge in [0.1, 0.15) is 22.6 Å². The SMILES string of the molecule is Br.[Zn].c1ccc2c(c1)-c1nc-2nc2[nH]c(nc3nc(nc4[nH]c(n1)c1ccccc41)-c1ccccc1-3)c1ccccc21. The molecule has 8 bridgehead atoms. The van der Waals surface area contributed by atoms with Gasteiger partial charge in [0.2, 0.25) is 0 Å². The molecule has 4 aromatic carbocycles. The number of nitrogens with one attached hydrogen (secondary N) is 2. The summed E-state index contributed by atoms with van der Waals surface area (Å²) in [6.07, 6.45) is 0. The Morgan fingerprint density at radius 1 is 0.333 bits per heavy atom. The molecule has 3 aromatic heterocycles. The van der Waals surface area contributed by atoms with Gasteiger partial charge in [-0.05, 0) is 0 Å². The molecule has 2 aliphatic heterocycles. The predicted octanol–water partition coefficient (Wildman–Crippen LogP) is 7.44. The smallest absolute Gasteiger partial charge is 0.164 e. The van der Waals surface area contributed by atoms with Crippen molar-refractivity contribution in [2.24, 2.45) is 0 Å². The molecule has 0 unspecified atom stereocenters. The average Bonchev–Trinajstić information content (AvgIpc) is 3.73. The summed E-state index contributed by atoms with van der Waals surface area (Å²) in [5, 5.41) is 3.82. The molecule has 2 N–H and O–H groups in total. The van der Waals surface area contributed by atoms with Crippen molar-refractivity contribution in [1.29, 1.82) is 0 Å². The van der Waals surface area contributed by atoms with Gasteiger partial charge >= 0.3 is 0 Å². The quantitative estimate of drug-likeness (QED) is 0.164. The molecule has 0 saturated carbocycles. The minimum Gasteiger partial charge on any atom is -0.324 e. The maximum absolute atomic E-state index is 5.02. The van der Waals surface area contributed by atoms with Crippen LogP contribution in [0, 0.1) is 0 Å². The first-order chi connectivity index (χ1) is 19.8. The van der Waals surface area contributed by atoms with E-state index in [2.05, 4.69) is 9.97 Å². The summed E-state index contributed by atoms with van der Waals surface area (Å²) in [6, 6.07) is 32.2. The van der Waals surface area contributed by atoms with E-state index in [0.717, 1.165) is 43.8 Å². The normalized spacial score (nSPS) is 11.4. The fourth-order valence-electron chi connectivity index (χ4n) is 5.59. The molecular weight excluding hydrogens is 642 g/mol. The van der Waals surface area contributed by atoms with Crippen LogP contribution in [0.5, 0.6) is 0 Å². The Kier molecular flexibility index (Phi) is 6.26. The molecule has 42 heavy (non-hydrogen) atoms. The number of rotatable bonds is 0. The van der Waals surface area contributed by atoms with Crippen molar-refractivity contribution < 1.29 is 19.5 Å². The van der Waals surface area contributed by atoms with Crippen molar-refractivity contribution in [3.63, 3.8) is 0 Å². The molecule has 0 spiro atoms. The number of halogens is 1. The number of nitrogens with zero attached hydrogens (tertiary/aromatic N) is 6. The van der Waals surface area contributed by atoms with Crippen molar-refractivity contribution in [2.45, 2.75) is 0 Å². The summed E-state index contributed by atoms with van der Waals surface area (Å²) < 4.78 is 0. The maximum atomic E-state index is 5.02. The van der Waals surface area contributed by atoms with Gasteiger partial charge in [0.05, 0.1) is 0 Å². The Hall–Kier alpha value is -4.66. The van der Waals surface area contributed by atoms with Gasteiger partial charge in [-0.15, -0.1) is 17.0 Å². The zero-order valence-electron chi connectivity index (χ0n) is 22.0. The molecule has 9 rings (SSSR count). The number of H-pyrrole nitrogens is 2. The van der Waals surface area contributed by atoms with E-state index in [1.165, 1.54) is 0 Å². The third-order valence-electron chi connectivity index (χ3n) is 7.46. The second-order valence-electron chi connectivity index (χ2n) is 9.79. The molecule has 0 saturated heterocycles. The van der Waals surface area contributed by atoms with Crippen LogP contribution in [0.2, 0.25) is 0 Å². The van der Waals surface area contributed by atoms with Crippen LogP contribution in [0.15, 0.2) is 97.1 Å². The number of aromatic nitrogens is 8. The summed E-state index contributed by atoms with van der Waals surface area (Å²) in [4.78, 5) is 36.8. The maximum Gasteiger partial charge on any atom is 0.164 e. The standard InChI is InChI=1S/C32H18N8.BrH.Zn/c1-2-10-18-17(9-1)25-33-26(18)38-28-21-13-5-6-14-22(21)30(35-28)40-32-24-16-8-7-15-23(24)31(36-32)39-29-20-12-4-3-11-19(20)27(34-29)37-25;;/h1-16H,(H2,33,34,35,36,37,38,39,40);1H;. The van der Waals surface area contributed by atoms with Crippen molar-refractivity contribution >= 4 is 61.1 Å². The van der Waals surface area contributed by atoms with E-state index in [1.54, 1.807) is 0 Å². The minimum absolute atomic E-state index is 0. The molecular formula is C32H19BrN8Zn. The van der Waals surface area contributed by atoms with Gasteiger partial charge in [-0.1, -0.05) is 97.1 Å². The summed E-state index contributed by atoms with van der Waals surface area (Å²) in [7, 11) is 0. The molecule has 0 amide bonds. The zero-order valence-corrected chi connectivity index (χ0v) is 26.7. The molecule has 2 aliphatic rings. The van der Waals surface area contributed by atoms with Crippen LogP contribution < -0.4 is 0 Å². The summed E-state index contributed by atoms with van der Waals surface area (Å²) in [5.74, 6) is 2.39. The Bertz CT molecular complexity index is 2040. The molecule has 0 radical (unpaired) electrons. The van der Waals surface area contributed by atoms with Crippen LogP contribution in [-0.4, -0.2) is 39.9 Å². The molecule has 0 aliphatic carbocycles. The van der Waals surface area contributed by atoms with Crippen LogP contribution in [0.25, 0.3) is 89.7 Å². The Labute approximate surface area is 261 Å². The first-order valence-electron chi connectivity index (χ1n) is 13.0. The molecule has 7 aromatic rings. The van der Waals surface area contributed by atoms with E-state index in [9.17, 15) is 0 Å². The van der Waals surface area contributed by atoms with Gasteiger partial charge in [-0.25, -0.2) is 29.9 Å². The largest absolute Gasteiger partial charge is 0.324 e. The third-order valence-corrected chi connectivity index (χ3v) is 7.46. The predicted molar refractivity (Wildman–Crippen MR) is 166 cm³/mol. The first-order valence-corrected chi connectivity index (χ1v) is 13.0. The van der Waals surface area contributed by atoms with E-state index >= 15 is 0 Å². The van der Waals surface area contributed by atoms with Gasteiger partial charge in [-0.3, -0.25) is 0 Å². The number of benzene rings is 4. The molecule has 10 heteroatoms. The Morgan fingerprint density at radius 3 is 0.833 bits per heavy atom. The molecule has 196 valence electrons. The van der Waals surface area contributed by atoms with E-state index in [0.29, 0.717) is 45.9 Å². The summed E-state index contributed by atoms with van der Waals surface area (Å²) in [6.45, 7) is 0. The Balaban J connectivity index is 0.00000144. The number of hydrogen-bond donors (Lipinski definition) is 2. The van der Waals surface area contributed by atoms with E-state index in [4.69, 9.17) is 29.9 Å². The van der Waals surface area contributed by atoms with Gasteiger partial charge < -0.3 is 9.97 Å². The molecule has 5 heterocycles. The van der Waals surface area contributed by atoms with Crippen LogP contribution in [-0.2, 0) is 19.5 Å². The molecule has 0 fully saturated rings. The zero-order chi connectivity index (χ0) is 26.2. The monoisotopic (exact) mass is 658 g/mol. The average molecular weight is 661 g/mol. The van der Waals surface area contributed by atoms with E-state index in [1.807, 2.05) is 97.1 Å². The van der Waals surface area contributed by atoms with Gasteiger partial charge in [0.25, 0.3) is 0 Å². The van der Waals surface area contributed by atoms with Crippen molar-refractivity contribution in [3.05, 3.63) is 97.1 Å². The second kappa shape index (κ2) is 10.0. The molecule has 0 atom stereocenters. The first kappa shape index (κ1) is 26.3. The Morgan fingerprint density at radius 2 is 0.571 bits per heavy atom. The van der Waals surface area contributed by atoms with Crippen molar-refractivity contribution in [1.82, 2.24) is 39.9 Å². The third kappa shape index (κ3) is 3.90. The van der Waals surface area contributed by atoms with Gasteiger partial charge in [0, 0.05) is 63.3 Å². The fourth-order valence-corrected chi connectivity index (χ4v) is 5.59. The van der Waals surface area contributed by atoms with E-state index in [-0.39, 0.29) is 36.5 Å². The van der Waals surface area contributed by atoms with Crippen LogP contribution in [0.4, 0.5) is 0 Å². The van der Waals surface area contributed by atoms with Crippen molar-refractivity contribution in [3.8, 4) is 45.6 Å². The van der Waals surface area contributed by atoms with Crippen molar-refractivity contribution in [2.75, 3.05) is 0 Å². The van der Waals surface area contributed by atoms with Gasteiger partial charge in [0.15, 0.2) is 23.3 Å². The van der Waals surface area contributed by atoms with Crippen LogP contribution in [0.3, 0.4) is 0 Å². The number of fused-ring (bicyclic) bond motifs is 20. The van der Waals surface area contributed by atoms with Crippen LogP contribution in [0.1, 0.15) is 0 Å². The van der Waals surface area contributed by atoms with Gasteiger partial charge in [-0.2, -0.15) is 0 Å². The van der Waals surface area contributed by atoms with Crippen LogP contribution >= 0.6 is 17.0 Å². The summed E-state index contributed by atoms with van der Waals surface area (Å²) in [5.41, 5.74) is 6.45. The summed E-state index contributed by atoms with van der Waals surface area (Å²) >= 11 is 0. The molecule has 8 nitrogen and oxygen atoms in total. The minimum atomic E-state index is 0. The van der Waals surface area contributed by atoms with E-state index < -0.39 is 0 Å². The second-order valence-corrected chi connectivity index (χ2v) is 9.79. The topological polar surface area (TPSA) is 109 Å². The fraction of sp³-hybridized carbons (Fsp3) is 0. The number of hydrogen-bond acceptors (Lipinski definition) is 6.